The van der Waals surface area contributed by atoms with E-state index >= 15 is 0 Å². The Morgan fingerprint density at radius 2 is 1.74 bits per heavy atom. The Labute approximate surface area is 243 Å². The number of nitrogens with zero attached hydrogens (tertiary/aromatic N) is 5. The number of nitrogens with one attached hydrogen (secondary N) is 2. The highest BCUT2D eigenvalue weighted by Gasteiger charge is 2.19. The largest absolute Gasteiger partial charge is 0.391 e. The van der Waals surface area contributed by atoms with E-state index in [4.69, 9.17) is 23.2 Å². The zero-order valence-corrected chi connectivity index (χ0v) is 23.0. The number of halogens is 5. The molecular formula is C26H20Cl2F3N7O4. The van der Waals surface area contributed by atoms with Gasteiger partial charge in [-0.15, -0.1) is 0 Å². The van der Waals surface area contributed by atoms with Gasteiger partial charge in [0.2, 0.25) is 5.95 Å². The van der Waals surface area contributed by atoms with E-state index in [0.29, 0.717) is 27.6 Å². The Kier molecular flexibility index (Phi) is 7.95. The summed E-state index contributed by atoms with van der Waals surface area (Å²) >= 11 is 12.4. The maximum absolute atomic E-state index is 14.0. The summed E-state index contributed by atoms with van der Waals surface area (Å²) in [6, 6.07) is 5.73. The van der Waals surface area contributed by atoms with Crippen LogP contribution in [0.15, 0.2) is 57.1 Å². The molecule has 0 aliphatic heterocycles. The molecule has 0 radical (unpaired) electrons. The Morgan fingerprint density at radius 3 is 2.43 bits per heavy atom. The monoisotopic (exact) mass is 621 g/mol. The third kappa shape index (κ3) is 5.95. The van der Waals surface area contributed by atoms with Crippen molar-refractivity contribution in [2.75, 3.05) is 5.32 Å². The van der Waals surface area contributed by atoms with E-state index in [1.54, 1.807) is 19.2 Å². The van der Waals surface area contributed by atoms with Crippen molar-refractivity contribution in [3.8, 4) is 0 Å². The second kappa shape index (κ2) is 11.5. The van der Waals surface area contributed by atoms with Crippen molar-refractivity contribution in [1.29, 1.82) is 0 Å². The van der Waals surface area contributed by atoms with Crippen molar-refractivity contribution < 1.29 is 18.3 Å². The van der Waals surface area contributed by atoms with Crippen LogP contribution < -0.4 is 22.3 Å². The molecule has 3 N–H and O–H groups in total. The summed E-state index contributed by atoms with van der Waals surface area (Å²) in [5.74, 6) is -5.02. The molecule has 11 nitrogen and oxygen atoms in total. The molecular weight excluding hydrogens is 602 g/mol. The summed E-state index contributed by atoms with van der Waals surface area (Å²) in [5, 5.41) is 17.7. The fourth-order valence-electron chi connectivity index (χ4n) is 4.25. The normalized spacial score (nSPS) is 12.2. The summed E-state index contributed by atoms with van der Waals surface area (Å²) in [4.78, 5) is 45.2. The fraction of sp³-hybridized carbons (Fsp3) is 0.192. The van der Waals surface area contributed by atoms with E-state index in [1.807, 2.05) is 0 Å². The van der Waals surface area contributed by atoms with Crippen LogP contribution in [0.25, 0.3) is 10.9 Å². The SMILES string of the molecule is C[C@H](O)Cn1cc2cc(Nc3nc(=O)n(Cc4cc(Cl)c[nH]c4=O)c(=O)n3Cc3cc(F)c(F)c(F)c3)c(Cl)cc2n1. The van der Waals surface area contributed by atoms with E-state index in [-0.39, 0.29) is 39.4 Å². The maximum atomic E-state index is 14.0. The van der Waals surface area contributed by atoms with Crippen LogP contribution in [0.1, 0.15) is 18.1 Å². The molecule has 0 bridgehead atoms. The van der Waals surface area contributed by atoms with Crippen LogP contribution in [0.2, 0.25) is 10.0 Å². The third-order valence-corrected chi connectivity index (χ3v) is 6.68. The Morgan fingerprint density at radius 1 is 1.02 bits per heavy atom. The first-order valence-corrected chi connectivity index (χ1v) is 13.0. The molecule has 0 fully saturated rings. The number of pyridine rings is 1. The number of anilines is 2. The average molecular weight is 622 g/mol. The highest BCUT2D eigenvalue weighted by atomic mass is 35.5. The van der Waals surface area contributed by atoms with Gasteiger partial charge in [-0.3, -0.25) is 14.0 Å². The number of aliphatic hydroxyl groups is 1. The molecule has 0 spiro atoms. The zero-order valence-electron chi connectivity index (χ0n) is 21.5. The minimum Gasteiger partial charge on any atom is -0.391 e. The van der Waals surface area contributed by atoms with E-state index in [1.165, 1.54) is 23.0 Å². The molecule has 0 aliphatic carbocycles. The highest BCUT2D eigenvalue weighted by molar-refractivity contribution is 6.34. The fourth-order valence-corrected chi connectivity index (χ4v) is 4.64. The molecule has 0 unspecified atom stereocenters. The first-order valence-electron chi connectivity index (χ1n) is 12.2. The van der Waals surface area contributed by atoms with Crippen molar-refractivity contribution in [2.24, 2.45) is 0 Å². The van der Waals surface area contributed by atoms with Gasteiger partial charge in [0, 0.05) is 23.3 Å². The lowest BCUT2D eigenvalue weighted by molar-refractivity contribution is 0.169. The van der Waals surface area contributed by atoms with Crippen LogP contribution in [0.3, 0.4) is 0 Å². The molecule has 0 saturated carbocycles. The molecule has 3 heterocycles. The van der Waals surface area contributed by atoms with Crippen LogP contribution in [0, 0.1) is 17.5 Å². The number of aromatic nitrogens is 6. The standard InChI is InChI=1S/C26H20Cl2F3N7O4/c1-12(39)8-36-10-14-5-21(17(28)6-20(14)35-36)33-24-34-25(41)38(11-15-4-16(27)7-32-23(15)40)26(42)37(24)9-13-2-18(29)22(31)19(30)3-13/h2-7,10,12,39H,8-9,11H2,1H3,(H,32,40)(H,33,34,41)/t12-/m0/s1. The highest BCUT2D eigenvalue weighted by Crippen LogP contribution is 2.29. The van der Waals surface area contributed by atoms with Gasteiger partial charge in [-0.05, 0) is 42.8 Å². The van der Waals surface area contributed by atoms with Crippen molar-refractivity contribution in [2.45, 2.75) is 32.7 Å². The third-order valence-electron chi connectivity index (χ3n) is 6.15. The van der Waals surface area contributed by atoms with Crippen LogP contribution in [0.4, 0.5) is 24.8 Å². The summed E-state index contributed by atoms with van der Waals surface area (Å²) in [5.41, 5.74) is -2.18. The van der Waals surface area contributed by atoms with E-state index in [2.05, 4.69) is 20.4 Å². The molecule has 0 aliphatic rings. The topological polar surface area (TPSA) is 140 Å². The van der Waals surface area contributed by atoms with Crippen LogP contribution in [-0.4, -0.2) is 40.1 Å². The Bertz CT molecular complexity index is 2000. The van der Waals surface area contributed by atoms with Gasteiger partial charge < -0.3 is 15.4 Å². The lowest BCUT2D eigenvalue weighted by atomic mass is 10.2. The molecule has 0 amide bonds. The van der Waals surface area contributed by atoms with Gasteiger partial charge in [-0.2, -0.15) is 10.1 Å². The van der Waals surface area contributed by atoms with Gasteiger partial charge in [-0.25, -0.2) is 27.3 Å². The quantitative estimate of drug-likeness (QED) is 0.226. The van der Waals surface area contributed by atoms with E-state index in [0.717, 1.165) is 4.57 Å². The molecule has 5 rings (SSSR count). The number of H-pyrrole nitrogens is 1. The van der Waals surface area contributed by atoms with Crippen LogP contribution in [-0.2, 0) is 19.6 Å². The molecule has 3 aromatic heterocycles. The van der Waals surface area contributed by atoms with Crippen molar-refractivity contribution in [1.82, 2.24) is 28.9 Å². The molecule has 5 aromatic rings. The number of aliphatic hydroxyl groups excluding tert-OH is 1. The summed E-state index contributed by atoms with van der Waals surface area (Å²) < 4.78 is 44.6. The first-order chi connectivity index (χ1) is 19.9. The molecule has 1 atom stereocenters. The number of fused-ring (bicyclic) bond motifs is 1. The second-order valence-electron chi connectivity index (χ2n) is 9.43. The van der Waals surface area contributed by atoms with Gasteiger partial charge in [0.05, 0.1) is 47.0 Å². The van der Waals surface area contributed by atoms with E-state index < -0.39 is 53.6 Å². The van der Waals surface area contributed by atoms with Crippen molar-refractivity contribution >= 4 is 45.7 Å². The van der Waals surface area contributed by atoms with Crippen LogP contribution in [0.5, 0.6) is 0 Å². The summed E-state index contributed by atoms with van der Waals surface area (Å²) in [7, 11) is 0. The number of rotatable bonds is 8. The van der Waals surface area contributed by atoms with Gasteiger partial charge in [0.15, 0.2) is 17.5 Å². The first kappa shape index (κ1) is 29.1. The Balaban J connectivity index is 1.63. The van der Waals surface area contributed by atoms with Gasteiger partial charge in [0.25, 0.3) is 5.56 Å². The van der Waals surface area contributed by atoms with Gasteiger partial charge in [-0.1, -0.05) is 23.2 Å². The smallest absolute Gasteiger partial charge is 0.355 e. The summed E-state index contributed by atoms with van der Waals surface area (Å²) in [6.07, 6.45) is 2.21. The molecule has 42 heavy (non-hydrogen) atoms. The molecule has 218 valence electrons. The predicted molar refractivity (Wildman–Crippen MR) is 149 cm³/mol. The van der Waals surface area contributed by atoms with Crippen molar-refractivity contribution in [3.05, 3.63) is 113 Å². The molecule has 2 aromatic carbocycles. The maximum Gasteiger partial charge on any atom is 0.355 e. The molecule has 0 saturated heterocycles. The van der Waals surface area contributed by atoms with Gasteiger partial charge in [0.1, 0.15) is 0 Å². The number of hydrogen-bond donors (Lipinski definition) is 3. The van der Waals surface area contributed by atoms with Gasteiger partial charge >= 0.3 is 11.4 Å². The molecule has 16 heteroatoms. The zero-order chi connectivity index (χ0) is 30.3. The van der Waals surface area contributed by atoms with E-state index in [9.17, 15) is 32.7 Å². The number of hydrogen-bond acceptors (Lipinski definition) is 7. The summed E-state index contributed by atoms with van der Waals surface area (Å²) in [6.45, 7) is 0.734. The number of benzene rings is 2. The predicted octanol–water partition coefficient (Wildman–Crippen LogP) is 3.39. The number of aromatic amines is 1. The minimum absolute atomic E-state index is 0.0302. The minimum atomic E-state index is -1.69. The van der Waals surface area contributed by atoms with Crippen molar-refractivity contribution in [3.63, 3.8) is 0 Å². The average Bonchev–Trinajstić information content (AvgIpc) is 3.29. The second-order valence-corrected chi connectivity index (χ2v) is 10.3. The lowest BCUT2D eigenvalue weighted by Gasteiger charge is -2.16. The van der Waals surface area contributed by atoms with Crippen LogP contribution >= 0.6 is 23.2 Å². The lowest BCUT2D eigenvalue weighted by Crippen LogP contribution is -2.43. The Hall–Kier alpha value is -4.40.